The van der Waals surface area contributed by atoms with Gasteiger partial charge in [-0.1, -0.05) is 0 Å². The molecule has 0 amide bonds. The van der Waals surface area contributed by atoms with Gasteiger partial charge in [-0.3, -0.25) is 9.78 Å². The maximum atomic E-state index is 11.7. The van der Waals surface area contributed by atoms with Crippen molar-refractivity contribution >= 4 is 5.82 Å². The molecule has 1 aromatic rings. The highest BCUT2D eigenvalue weighted by molar-refractivity contribution is 5.34. The van der Waals surface area contributed by atoms with Gasteiger partial charge in [0.2, 0.25) is 5.82 Å². The lowest BCUT2D eigenvalue weighted by molar-refractivity contribution is 0.291. The minimum absolute atomic E-state index is 0.292. The molecule has 0 radical (unpaired) electrons. The predicted octanol–water partition coefficient (Wildman–Crippen LogP) is -1.68. The van der Waals surface area contributed by atoms with Crippen molar-refractivity contribution in [3.63, 3.8) is 0 Å². The van der Waals surface area contributed by atoms with Gasteiger partial charge in [-0.2, -0.15) is 0 Å². The van der Waals surface area contributed by atoms with Gasteiger partial charge in [-0.15, -0.1) is 5.10 Å². The Morgan fingerprint density at radius 2 is 2.05 bits per heavy atom. The molecule has 1 aliphatic rings. The molecule has 8 nitrogen and oxygen atoms in total. The van der Waals surface area contributed by atoms with Gasteiger partial charge in [0.1, 0.15) is 0 Å². The van der Waals surface area contributed by atoms with E-state index in [2.05, 4.69) is 20.1 Å². The summed E-state index contributed by atoms with van der Waals surface area (Å²) < 4.78 is 0. The van der Waals surface area contributed by atoms with Gasteiger partial charge in [0.15, 0.2) is 0 Å². The largest absolute Gasteiger partial charge is 0.349 e. The number of nitrogens with two attached hydrogens (primary N) is 1. The van der Waals surface area contributed by atoms with Crippen LogP contribution in [0.3, 0.4) is 0 Å². The number of nitrogens with zero attached hydrogens (tertiary/aromatic N) is 3. The van der Waals surface area contributed by atoms with E-state index >= 15 is 0 Å². The molecule has 1 fully saturated rings. The number of aromatic nitrogens is 3. The molecule has 1 aromatic heterocycles. The fraction of sp³-hybridized carbons (Fsp3) is 0.727. The van der Waals surface area contributed by atoms with E-state index in [9.17, 15) is 9.59 Å². The van der Waals surface area contributed by atoms with Crippen LogP contribution in [0.5, 0.6) is 0 Å². The maximum absolute atomic E-state index is 11.7. The number of hydrogen-bond acceptors (Lipinski definition) is 6. The third-order valence-corrected chi connectivity index (χ3v) is 3.26. The number of H-pyrrole nitrogens is 2. The molecule has 0 unspecified atom stereocenters. The average molecular weight is 268 g/mol. The van der Waals surface area contributed by atoms with Crippen molar-refractivity contribution in [1.82, 2.24) is 20.1 Å². The van der Waals surface area contributed by atoms with Crippen molar-refractivity contribution in [2.45, 2.75) is 12.8 Å². The lowest BCUT2D eigenvalue weighted by atomic mass is 10.3. The van der Waals surface area contributed by atoms with Crippen LogP contribution >= 0.6 is 0 Å². The summed E-state index contributed by atoms with van der Waals surface area (Å²) in [5.41, 5.74) is 4.50. The van der Waals surface area contributed by atoms with Crippen LogP contribution in [0.15, 0.2) is 9.59 Å². The third kappa shape index (κ3) is 3.65. The zero-order valence-corrected chi connectivity index (χ0v) is 10.9. The van der Waals surface area contributed by atoms with Gasteiger partial charge in [-0.25, -0.2) is 9.89 Å². The van der Waals surface area contributed by atoms with E-state index in [1.54, 1.807) is 0 Å². The van der Waals surface area contributed by atoms with Gasteiger partial charge >= 0.3 is 5.69 Å². The summed E-state index contributed by atoms with van der Waals surface area (Å²) in [6.45, 7) is 5.05. The first kappa shape index (κ1) is 13.8. The van der Waals surface area contributed by atoms with Crippen molar-refractivity contribution in [1.29, 1.82) is 0 Å². The molecule has 0 atom stereocenters. The molecule has 0 bridgehead atoms. The van der Waals surface area contributed by atoms with Crippen LogP contribution in [-0.4, -0.2) is 59.3 Å². The molecule has 0 spiro atoms. The molecular formula is C11H20N6O2. The van der Waals surface area contributed by atoms with E-state index in [1.807, 2.05) is 4.90 Å². The second kappa shape index (κ2) is 6.48. The molecule has 1 saturated heterocycles. The minimum Gasteiger partial charge on any atom is -0.349 e. The highest BCUT2D eigenvalue weighted by Gasteiger charge is 2.18. The summed E-state index contributed by atoms with van der Waals surface area (Å²) >= 11 is 0. The molecular weight excluding hydrogens is 248 g/mol. The topological polar surface area (TPSA) is 111 Å². The van der Waals surface area contributed by atoms with Crippen LogP contribution < -0.4 is 21.9 Å². The van der Waals surface area contributed by atoms with Crippen LogP contribution in [0.25, 0.3) is 0 Å². The van der Waals surface area contributed by atoms with Crippen LogP contribution in [0, 0.1) is 0 Å². The summed E-state index contributed by atoms with van der Waals surface area (Å²) in [4.78, 5) is 29.1. The molecule has 2 heterocycles. The van der Waals surface area contributed by atoms with Crippen LogP contribution in [-0.2, 0) is 0 Å². The van der Waals surface area contributed by atoms with Gasteiger partial charge in [0, 0.05) is 19.6 Å². The number of aromatic amines is 2. The second-order valence-corrected chi connectivity index (χ2v) is 4.65. The molecule has 0 aromatic carbocycles. The van der Waals surface area contributed by atoms with Gasteiger partial charge in [0.25, 0.3) is 5.56 Å². The van der Waals surface area contributed by atoms with E-state index in [0.717, 1.165) is 45.6 Å². The second-order valence-electron chi connectivity index (χ2n) is 4.65. The molecule has 8 heteroatoms. The first-order chi connectivity index (χ1) is 9.20. The monoisotopic (exact) mass is 268 g/mol. The highest BCUT2D eigenvalue weighted by atomic mass is 16.2. The molecule has 2 rings (SSSR count). The number of hydrogen-bond donors (Lipinski definition) is 3. The maximum Gasteiger partial charge on any atom is 0.342 e. The summed E-state index contributed by atoms with van der Waals surface area (Å²) in [7, 11) is 0. The predicted molar refractivity (Wildman–Crippen MR) is 72.4 cm³/mol. The van der Waals surface area contributed by atoms with E-state index < -0.39 is 11.2 Å². The highest BCUT2D eigenvalue weighted by Crippen LogP contribution is 2.08. The molecule has 106 valence electrons. The Morgan fingerprint density at radius 3 is 2.79 bits per heavy atom. The Morgan fingerprint density at radius 1 is 1.21 bits per heavy atom. The van der Waals surface area contributed by atoms with E-state index in [1.165, 1.54) is 0 Å². The third-order valence-electron chi connectivity index (χ3n) is 3.26. The van der Waals surface area contributed by atoms with E-state index in [-0.39, 0.29) is 0 Å². The van der Waals surface area contributed by atoms with E-state index in [4.69, 9.17) is 5.73 Å². The van der Waals surface area contributed by atoms with Gasteiger partial charge in [0.05, 0.1) is 0 Å². The fourth-order valence-corrected chi connectivity index (χ4v) is 2.28. The zero-order valence-electron chi connectivity index (χ0n) is 10.9. The van der Waals surface area contributed by atoms with Crippen molar-refractivity contribution in [3.8, 4) is 0 Å². The number of anilines is 1. The standard InChI is InChI=1S/C11H20N6O2/c12-3-1-4-16-5-2-6-17(8-7-16)9-10(18)13-11(19)15-14-9/h1-8,12H2,(H2,13,15,18,19). The zero-order chi connectivity index (χ0) is 13.7. The van der Waals surface area contributed by atoms with Crippen molar-refractivity contribution in [2.24, 2.45) is 5.73 Å². The van der Waals surface area contributed by atoms with Crippen molar-refractivity contribution < 1.29 is 0 Å². The Hall–Kier alpha value is -1.67. The van der Waals surface area contributed by atoms with E-state index in [0.29, 0.717) is 12.4 Å². The summed E-state index contributed by atoms with van der Waals surface area (Å²) in [5, 5.41) is 6.11. The van der Waals surface area contributed by atoms with Crippen molar-refractivity contribution in [2.75, 3.05) is 44.2 Å². The van der Waals surface area contributed by atoms with Gasteiger partial charge < -0.3 is 15.5 Å². The normalized spacial score (nSPS) is 17.4. The lowest BCUT2D eigenvalue weighted by Gasteiger charge is -2.21. The SMILES string of the molecule is NCCCN1CCCN(c2n[nH]c(=O)[nH]c2=O)CC1. The smallest absolute Gasteiger partial charge is 0.342 e. The Labute approximate surface area is 110 Å². The van der Waals surface area contributed by atoms with Crippen LogP contribution in [0.1, 0.15) is 12.8 Å². The Bertz CT molecular complexity index is 510. The molecule has 19 heavy (non-hydrogen) atoms. The number of nitrogens with one attached hydrogen (secondary N) is 2. The first-order valence-electron chi connectivity index (χ1n) is 6.57. The average Bonchev–Trinajstić information content (AvgIpc) is 2.62. The first-order valence-corrected chi connectivity index (χ1v) is 6.57. The van der Waals surface area contributed by atoms with Gasteiger partial charge in [-0.05, 0) is 32.5 Å². The van der Waals surface area contributed by atoms with Crippen LogP contribution in [0.4, 0.5) is 5.82 Å². The minimum atomic E-state index is -0.576. The molecule has 0 saturated carbocycles. The molecule has 4 N–H and O–H groups in total. The summed E-state index contributed by atoms with van der Waals surface area (Å²) in [6, 6.07) is 0. The Kier molecular flexibility index (Phi) is 4.69. The number of rotatable bonds is 4. The van der Waals surface area contributed by atoms with Crippen molar-refractivity contribution in [3.05, 3.63) is 20.8 Å². The summed E-state index contributed by atoms with van der Waals surface area (Å²) in [5.74, 6) is 0.292. The summed E-state index contributed by atoms with van der Waals surface area (Å²) in [6.07, 6.45) is 1.95. The fourth-order valence-electron chi connectivity index (χ4n) is 2.28. The van der Waals surface area contributed by atoms with Crippen LogP contribution in [0.2, 0.25) is 0 Å². The lowest BCUT2D eigenvalue weighted by Crippen LogP contribution is -2.37. The molecule has 0 aliphatic carbocycles. The molecule has 1 aliphatic heterocycles. The quantitative estimate of drug-likeness (QED) is 0.601. The Balaban J connectivity index is 2.02.